The second-order valence-corrected chi connectivity index (χ2v) is 6.50. The third kappa shape index (κ3) is 2.50. The molecular weight excluding hydrogens is 333 g/mol. The van der Waals surface area contributed by atoms with E-state index in [-0.39, 0.29) is 7.97 Å². The van der Waals surface area contributed by atoms with Crippen LogP contribution in [0.5, 0.6) is 0 Å². The zero-order valence-electron chi connectivity index (χ0n) is 13.9. The Morgan fingerprint density at radius 3 is 2.92 bits per heavy atom. The molecular formula is C18H18FN7. The van der Waals surface area contributed by atoms with Crippen molar-refractivity contribution < 1.29 is 5.82 Å². The molecule has 0 saturated heterocycles. The Hall–Kier alpha value is -3.29. The summed E-state index contributed by atoms with van der Waals surface area (Å²) in [5.41, 5.74) is 1.53. The number of fused-ring (bicyclic) bond motifs is 2. The number of aromatic nitrogens is 6. The van der Waals surface area contributed by atoms with Gasteiger partial charge in [0.25, 0.3) is 0 Å². The van der Waals surface area contributed by atoms with Crippen LogP contribution < -0.4 is 5.32 Å². The van der Waals surface area contributed by atoms with Crippen LogP contribution in [0.25, 0.3) is 22.4 Å². The third-order valence-corrected chi connectivity index (χ3v) is 4.67. The molecule has 7 nitrogen and oxygen atoms in total. The maximum Gasteiger partial charge on any atom is 0.241 e. The number of hydrogen-bond donors (Lipinski definition) is 1. The minimum Gasteiger partial charge on any atom is -0.350 e. The van der Waals surface area contributed by atoms with Crippen molar-refractivity contribution in [1.29, 1.82) is 0 Å². The molecule has 5 rings (SSSR count). The number of alkyl halides is 1. The number of allylic oxidation sites excluding steroid dienone is 2. The minimum absolute atomic E-state index is 0. The fraction of sp³-hybridized carbons (Fsp3) is 0.222. The Kier molecular flexibility index (Phi) is 3.24. The first kappa shape index (κ1) is 15.0. The molecule has 132 valence electrons. The molecule has 1 aliphatic rings. The smallest absolute Gasteiger partial charge is 0.241 e. The zero-order chi connectivity index (χ0) is 17.6. The van der Waals surface area contributed by atoms with Crippen molar-refractivity contribution in [3.8, 4) is 11.1 Å². The van der Waals surface area contributed by atoms with Crippen molar-refractivity contribution in [2.45, 2.75) is 18.5 Å². The Morgan fingerprint density at radius 2 is 2.04 bits per heavy atom. The molecule has 26 heavy (non-hydrogen) atoms. The number of hydrogen-bond acceptors (Lipinski definition) is 5. The van der Waals surface area contributed by atoms with E-state index >= 15 is 0 Å². The van der Waals surface area contributed by atoms with Gasteiger partial charge in [-0.05, 0) is 6.07 Å². The molecule has 0 aliphatic heterocycles. The Morgan fingerprint density at radius 1 is 1.15 bits per heavy atom. The van der Waals surface area contributed by atoms with Crippen molar-refractivity contribution in [3.05, 3.63) is 55.4 Å². The van der Waals surface area contributed by atoms with E-state index in [9.17, 15) is 4.39 Å². The summed E-state index contributed by atoms with van der Waals surface area (Å²) in [4.78, 5) is 12.8. The van der Waals surface area contributed by atoms with Crippen LogP contribution in [-0.4, -0.2) is 41.2 Å². The summed E-state index contributed by atoms with van der Waals surface area (Å²) in [7, 11) is 0. The van der Waals surface area contributed by atoms with E-state index in [1.54, 1.807) is 23.1 Å². The highest BCUT2D eigenvalue weighted by atomic mass is 19.1. The van der Waals surface area contributed by atoms with E-state index in [0.717, 1.165) is 16.6 Å². The summed E-state index contributed by atoms with van der Waals surface area (Å²) in [6.45, 7) is 0.195. The summed E-state index contributed by atoms with van der Waals surface area (Å²) in [6.07, 6.45) is 15.5. The van der Waals surface area contributed by atoms with E-state index in [1.807, 2.05) is 41.2 Å². The van der Waals surface area contributed by atoms with Crippen molar-refractivity contribution in [2.75, 3.05) is 11.9 Å². The van der Waals surface area contributed by atoms with Crippen LogP contribution in [0.15, 0.2) is 55.4 Å². The molecule has 1 aliphatic carbocycles. The first-order valence-electron chi connectivity index (χ1n) is 8.42. The summed E-state index contributed by atoms with van der Waals surface area (Å²) in [5, 5.41) is 7.44. The fourth-order valence-corrected chi connectivity index (χ4v) is 3.24. The van der Waals surface area contributed by atoms with Gasteiger partial charge in [0.15, 0.2) is 0 Å². The van der Waals surface area contributed by atoms with Gasteiger partial charge in [0.1, 0.15) is 5.67 Å². The summed E-state index contributed by atoms with van der Waals surface area (Å²) in [6, 6.07) is 1.96. The average Bonchev–Trinajstić information content (AvgIpc) is 3.38. The van der Waals surface area contributed by atoms with E-state index in [4.69, 9.17) is 0 Å². The molecule has 0 amide bonds. The van der Waals surface area contributed by atoms with Crippen molar-refractivity contribution >= 4 is 17.2 Å². The van der Waals surface area contributed by atoms with Crippen molar-refractivity contribution in [2.24, 2.45) is 0 Å². The molecule has 0 unspecified atom stereocenters. The largest absolute Gasteiger partial charge is 0.350 e. The van der Waals surface area contributed by atoms with Crippen LogP contribution in [0.1, 0.15) is 14.3 Å². The molecule has 1 N–H and O–H groups in total. The maximum absolute atomic E-state index is 14.4. The minimum atomic E-state index is -1.24. The summed E-state index contributed by atoms with van der Waals surface area (Å²) < 4.78 is 18.0. The van der Waals surface area contributed by atoms with Gasteiger partial charge in [-0.3, -0.25) is 4.40 Å². The summed E-state index contributed by atoms with van der Waals surface area (Å²) in [5.74, 6) is 1.06. The number of anilines is 1. The lowest BCUT2D eigenvalue weighted by Gasteiger charge is -2.19. The highest BCUT2D eigenvalue weighted by Gasteiger charge is 2.30. The highest BCUT2D eigenvalue weighted by Crippen LogP contribution is 2.28. The van der Waals surface area contributed by atoms with Crippen molar-refractivity contribution in [1.82, 2.24) is 29.0 Å². The number of nitrogens with zero attached hydrogens (tertiary/aromatic N) is 6. The molecule has 0 spiro atoms. The van der Waals surface area contributed by atoms with Crippen LogP contribution in [0.2, 0.25) is 0 Å². The number of halogens is 1. The molecule has 4 aromatic heterocycles. The van der Waals surface area contributed by atoms with Gasteiger partial charge in [-0.15, -0.1) is 5.10 Å². The van der Waals surface area contributed by atoms with Gasteiger partial charge in [-0.1, -0.05) is 12.2 Å². The topological polar surface area (TPSA) is 72.4 Å². The second kappa shape index (κ2) is 5.62. The first-order chi connectivity index (χ1) is 12.7. The van der Waals surface area contributed by atoms with Gasteiger partial charge < -0.3 is 5.32 Å². The molecule has 0 bridgehead atoms. The quantitative estimate of drug-likeness (QED) is 0.572. The standard InChI is InChI=1S/C18H16FN7.H2/c19-18(4-1-2-5-18)12-23-16-21-10-15-14(3-7-26(15)24-16)13-9-22-17-20-6-8-25(17)11-13;/h1-3,6-11H,4-5,12H2,(H,23,24);1H. The second-order valence-electron chi connectivity index (χ2n) is 6.50. The predicted molar refractivity (Wildman–Crippen MR) is 97.8 cm³/mol. The molecule has 0 fully saturated rings. The molecule has 0 radical (unpaired) electrons. The van der Waals surface area contributed by atoms with E-state index in [1.165, 1.54) is 0 Å². The van der Waals surface area contributed by atoms with Crippen LogP contribution in [0, 0.1) is 0 Å². The SMILES string of the molecule is FC1(CNc2ncc3c(-c4cnc5nccn5c4)ccn3n2)CC=CC1.[HH]. The van der Waals surface area contributed by atoms with Crippen LogP contribution in [-0.2, 0) is 0 Å². The molecule has 4 heterocycles. The van der Waals surface area contributed by atoms with Crippen LogP contribution in [0.3, 0.4) is 0 Å². The summed E-state index contributed by atoms with van der Waals surface area (Å²) >= 11 is 0. The van der Waals surface area contributed by atoms with E-state index in [0.29, 0.717) is 24.6 Å². The normalized spacial score (nSPS) is 15.9. The Balaban J connectivity index is 0.00000180. The Labute approximate surface area is 149 Å². The number of imidazole rings is 1. The monoisotopic (exact) mass is 351 g/mol. The Bertz CT molecular complexity index is 1130. The number of rotatable bonds is 4. The lowest BCUT2D eigenvalue weighted by Crippen LogP contribution is -2.29. The fourth-order valence-electron chi connectivity index (χ4n) is 3.24. The van der Waals surface area contributed by atoms with Gasteiger partial charge in [0, 0.05) is 56.4 Å². The molecule has 0 aromatic carbocycles. The molecule has 0 saturated carbocycles. The lowest BCUT2D eigenvalue weighted by atomic mass is 10.0. The van der Waals surface area contributed by atoms with Gasteiger partial charge in [0.05, 0.1) is 18.3 Å². The maximum atomic E-state index is 14.4. The molecule has 4 aromatic rings. The lowest BCUT2D eigenvalue weighted by molar-refractivity contribution is 0.198. The first-order valence-corrected chi connectivity index (χ1v) is 8.42. The van der Waals surface area contributed by atoms with Gasteiger partial charge in [0.2, 0.25) is 11.7 Å². The van der Waals surface area contributed by atoms with Gasteiger partial charge in [-0.25, -0.2) is 23.9 Å². The van der Waals surface area contributed by atoms with E-state index in [2.05, 4.69) is 25.4 Å². The number of nitrogens with one attached hydrogen (secondary N) is 1. The van der Waals surface area contributed by atoms with Crippen LogP contribution >= 0.6 is 0 Å². The predicted octanol–water partition coefficient (Wildman–Crippen LogP) is 3.16. The third-order valence-electron chi connectivity index (χ3n) is 4.67. The van der Waals surface area contributed by atoms with Crippen molar-refractivity contribution in [3.63, 3.8) is 0 Å². The van der Waals surface area contributed by atoms with E-state index < -0.39 is 5.67 Å². The van der Waals surface area contributed by atoms with Crippen LogP contribution in [0.4, 0.5) is 10.3 Å². The highest BCUT2D eigenvalue weighted by molar-refractivity contribution is 5.79. The average molecular weight is 351 g/mol. The zero-order valence-corrected chi connectivity index (χ0v) is 13.9. The van der Waals surface area contributed by atoms with Gasteiger partial charge >= 0.3 is 0 Å². The van der Waals surface area contributed by atoms with Gasteiger partial charge in [-0.2, -0.15) is 0 Å². The molecule has 8 heteroatoms. The molecule has 0 atom stereocenters.